The molecule has 19 heavy (non-hydrogen) atoms. The van der Waals surface area contributed by atoms with Crippen molar-refractivity contribution >= 4 is 11.6 Å². The molecule has 3 rings (SSSR count). The Morgan fingerprint density at radius 1 is 1.11 bits per heavy atom. The largest absolute Gasteiger partial charge is 0.329 e. The van der Waals surface area contributed by atoms with Crippen molar-refractivity contribution in [1.29, 1.82) is 0 Å². The van der Waals surface area contributed by atoms with Crippen LogP contribution in [0.15, 0.2) is 48.5 Å². The fourth-order valence-corrected chi connectivity index (χ4v) is 3.07. The Kier molecular flexibility index (Phi) is 3.56. The van der Waals surface area contributed by atoms with E-state index >= 15 is 0 Å². The Hall–Kier alpha value is -1.35. The first-order chi connectivity index (χ1) is 9.29. The van der Waals surface area contributed by atoms with Crippen LogP contribution in [-0.2, 0) is 13.1 Å². The molecule has 0 saturated heterocycles. The van der Waals surface area contributed by atoms with Gasteiger partial charge in [0.25, 0.3) is 0 Å². The highest BCUT2D eigenvalue weighted by Crippen LogP contribution is 2.37. The number of fused-ring (bicyclic) bond motifs is 1. The number of benzene rings is 2. The summed E-state index contributed by atoms with van der Waals surface area (Å²) in [6.45, 7) is 2.42. The zero-order valence-corrected chi connectivity index (χ0v) is 11.5. The molecule has 1 atom stereocenters. The second kappa shape index (κ2) is 5.33. The lowest BCUT2D eigenvalue weighted by Crippen LogP contribution is -2.27. The van der Waals surface area contributed by atoms with E-state index in [1.54, 1.807) is 0 Å². The molecule has 0 aliphatic carbocycles. The van der Waals surface area contributed by atoms with E-state index in [1.807, 2.05) is 18.2 Å². The zero-order chi connectivity index (χ0) is 13.2. The van der Waals surface area contributed by atoms with Crippen LogP contribution in [-0.4, -0.2) is 11.4 Å². The highest BCUT2D eigenvalue weighted by atomic mass is 35.5. The molecule has 0 fully saturated rings. The Balaban J connectivity index is 1.88. The van der Waals surface area contributed by atoms with E-state index in [0.717, 1.165) is 18.1 Å². The number of nitrogens with two attached hydrogens (primary N) is 1. The van der Waals surface area contributed by atoms with Gasteiger partial charge in [0.1, 0.15) is 0 Å². The van der Waals surface area contributed by atoms with E-state index in [0.29, 0.717) is 6.54 Å². The van der Waals surface area contributed by atoms with Crippen molar-refractivity contribution in [3.8, 4) is 0 Å². The van der Waals surface area contributed by atoms with Gasteiger partial charge < -0.3 is 5.73 Å². The molecule has 2 nitrogen and oxygen atoms in total. The average Bonchev–Trinajstić information content (AvgIpc) is 2.79. The van der Waals surface area contributed by atoms with Crippen molar-refractivity contribution in [2.24, 2.45) is 5.73 Å². The van der Waals surface area contributed by atoms with E-state index < -0.39 is 0 Å². The van der Waals surface area contributed by atoms with Gasteiger partial charge in [0.15, 0.2) is 0 Å². The molecule has 98 valence electrons. The molecular formula is C16H17ClN2. The van der Waals surface area contributed by atoms with Gasteiger partial charge in [-0.3, -0.25) is 4.90 Å². The molecule has 2 aromatic carbocycles. The Labute approximate surface area is 118 Å². The van der Waals surface area contributed by atoms with Crippen molar-refractivity contribution in [2.45, 2.75) is 19.1 Å². The third-order valence-electron chi connectivity index (χ3n) is 3.77. The molecule has 0 radical (unpaired) electrons. The van der Waals surface area contributed by atoms with Crippen LogP contribution in [0.5, 0.6) is 0 Å². The van der Waals surface area contributed by atoms with Gasteiger partial charge in [-0.15, -0.1) is 0 Å². The van der Waals surface area contributed by atoms with Crippen LogP contribution in [0.4, 0.5) is 0 Å². The molecule has 0 aromatic heterocycles. The van der Waals surface area contributed by atoms with E-state index in [-0.39, 0.29) is 6.04 Å². The van der Waals surface area contributed by atoms with Crippen LogP contribution in [0, 0.1) is 0 Å². The predicted octanol–water partition coefficient (Wildman–Crippen LogP) is 3.36. The summed E-state index contributed by atoms with van der Waals surface area (Å²) in [5.74, 6) is 0. The Morgan fingerprint density at radius 2 is 1.89 bits per heavy atom. The van der Waals surface area contributed by atoms with Crippen LogP contribution in [0.2, 0.25) is 5.02 Å². The van der Waals surface area contributed by atoms with Crippen molar-refractivity contribution in [1.82, 2.24) is 4.90 Å². The quantitative estimate of drug-likeness (QED) is 0.928. The number of nitrogens with zero attached hydrogens (tertiary/aromatic N) is 1. The highest BCUT2D eigenvalue weighted by molar-refractivity contribution is 6.31. The van der Waals surface area contributed by atoms with Crippen molar-refractivity contribution in [2.75, 3.05) is 6.54 Å². The fourth-order valence-electron chi connectivity index (χ4n) is 2.82. The third kappa shape index (κ3) is 2.39. The summed E-state index contributed by atoms with van der Waals surface area (Å²) in [7, 11) is 0. The van der Waals surface area contributed by atoms with Crippen LogP contribution in [0.25, 0.3) is 0 Å². The lowest BCUT2D eigenvalue weighted by molar-refractivity contribution is 0.211. The summed E-state index contributed by atoms with van der Waals surface area (Å²) < 4.78 is 0. The lowest BCUT2D eigenvalue weighted by Gasteiger charge is -2.23. The summed E-state index contributed by atoms with van der Waals surface area (Å²) in [6.07, 6.45) is 0. The third-order valence-corrected chi connectivity index (χ3v) is 4.12. The van der Waals surface area contributed by atoms with Crippen molar-refractivity contribution in [3.05, 3.63) is 70.2 Å². The van der Waals surface area contributed by atoms with Gasteiger partial charge in [-0.25, -0.2) is 0 Å². The van der Waals surface area contributed by atoms with Gasteiger partial charge in [-0.1, -0.05) is 54.1 Å². The molecule has 1 heterocycles. The molecule has 1 aliphatic rings. The molecule has 0 bridgehead atoms. The maximum Gasteiger partial charge on any atom is 0.0481 e. The van der Waals surface area contributed by atoms with Crippen LogP contribution in [0.1, 0.15) is 22.7 Å². The van der Waals surface area contributed by atoms with Gasteiger partial charge in [-0.2, -0.15) is 0 Å². The van der Waals surface area contributed by atoms with E-state index in [4.69, 9.17) is 17.3 Å². The molecule has 2 aromatic rings. The SMILES string of the molecule is NCC1c2cccc(Cl)c2CN1Cc1ccccc1. The van der Waals surface area contributed by atoms with E-state index in [9.17, 15) is 0 Å². The van der Waals surface area contributed by atoms with Gasteiger partial charge in [-0.05, 0) is 22.8 Å². The number of hydrogen-bond donors (Lipinski definition) is 1. The molecule has 0 spiro atoms. The van der Waals surface area contributed by atoms with Crippen LogP contribution >= 0.6 is 11.6 Å². The smallest absolute Gasteiger partial charge is 0.0481 e. The number of rotatable bonds is 3. The lowest BCUT2D eigenvalue weighted by atomic mass is 10.0. The zero-order valence-electron chi connectivity index (χ0n) is 10.7. The second-order valence-electron chi connectivity index (χ2n) is 4.95. The fraction of sp³-hybridized carbons (Fsp3) is 0.250. The highest BCUT2D eigenvalue weighted by Gasteiger charge is 2.30. The first kappa shape index (κ1) is 12.7. The number of halogens is 1. The van der Waals surface area contributed by atoms with Crippen LogP contribution < -0.4 is 5.73 Å². The van der Waals surface area contributed by atoms with E-state index in [1.165, 1.54) is 16.7 Å². The first-order valence-electron chi connectivity index (χ1n) is 6.55. The minimum absolute atomic E-state index is 0.272. The molecule has 1 unspecified atom stereocenters. The molecule has 0 amide bonds. The first-order valence-corrected chi connectivity index (χ1v) is 6.92. The topological polar surface area (TPSA) is 29.3 Å². The maximum absolute atomic E-state index is 6.29. The Morgan fingerprint density at radius 3 is 2.63 bits per heavy atom. The molecule has 2 N–H and O–H groups in total. The normalized spacial score (nSPS) is 18.5. The maximum atomic E-state index is 6.29. The van der Waals surface area contributed by atoms with Gasteiger partial charge in [0.2, 0.25) is 0 Å². The Bertz CT molecular complexity index is 568. The summed E-state index contributed by atoms with van der Waals surface area (Å²) in [4.78, 5) is 2.39. The molecular weight excluding hydrogens is 256 g/mol. The summed E-state index contributed by atoms with van der Waals surface area (Å²) in [5.41, 5.74) is 9.78. The molecule has 3 heteroatoms. The average molecular weight is 273 g/mol. The van der Waals surface area contributed by atoms with Crippen molar-refractivity contribution < 1.29 is 0 Å². The second-order valence-corrected chi connectivity index (χ2v) is 5.36. The minimum Gasteiger partial charge on any atom is -0.329 e. The van der Waals surface area contributed by atoms with E-state index in [2.05, 4.69) is 35.2 Å². The van der Waals surface area contributed by atoms with Gasteiger partial charge in [0.05, 0.1) is 0 Å². The minimum atomic E-state index is 0.272. The summed E-state index contributed by atoms with van der Waals surface area (Å²) in [6, 6.07) is 16.9. The molecule has 0 saturated carbocycles. The van der Waals surface area contributed by atoms with Crippen molar-refractivity contribution in [3.63, 3.8) is 0 Å². The standard InChI is InChI=1S/C16H17ClN2/c17-15-8-4-7-13-14(15)11-19(16(13)9-18)10-12-5-2-1-3-6-12/h1-8,16H,9-11,18H2. The monoisotopic (exact) mass is 272 g/mol. The number of hydrogen-bond acceptors (Lipinski definition) is 2. The summed E-state index contributed by atoms with van der Waals surface area (Å²) in [5, 5.41) is 0.853. The van der Waals surface area contributed by atoms with Gasteiger partial charge in [0, 0.05) is 30.7 Å². The van der Waals surface area contributed by atoms with Crippen LogP contribution in [0.3, 0.4) is 0 Å². The molecule has 1 aliphatic heterocycles. The van der Waals surface area contributed by atoms with Gasteiger partial charge >= 0.3 is 0 Å². The predicted molar refractivity (Wildman–Crippen MR) is 78.9 cm³/mol. The summed E-state index contributed by atoms with van der Waals surface area (Å²) >= 11 is 6.29.